The van der Waals surface area contributed by atoms with Crippen molar-refractivity contribution >= 4 is 11.9 Å². The first-order chi connectivity index (χ1) is 8.09. The zero-order valence-corrected chi connectivity index (χ0v) is 9.46. The lowest BCUT2D eigenvalue weighted by molar-refractivity contribution is -0.140. The number of carbonyl (C=O) groups is 2. The summed E-state index contributed by atoms with van der Waals surface area (Å²) in [5.41, 5.74) is 0.772. The lowest BCUT2D eigenvalue weighted by atomic mass is 10.2. The number of aromatic nitrogens is 1. The molecule has 1 heterocycles. The number of amides is 1. The van der Waals surface area contributed by atoms with E-state index in [1.807, 2.05) is 19.1 Å². The molecule has 3 atom stereocenters. The highest BCUT2D eigenvalue weighted by Crippen LogP contribution is 2.39. The van der Waals surface area contributed by atoms with Crippen LogP contribution in [0.5, 0.6) is 0 Å². The Hall–Kier alpha value is -1.91. The smallest absolute Gasteiger partial charge is 0.307 e. The van der Waals surface area contributed by atoms with Gasteiger partial charge in [0.2, 0.25) is 5.91 Å². The number of hydrogen-bond acceptors (Lipinski definition) is 3. The molecule has 17 heavy (non-hydrogen) atoms. The Labute approximate surface area is 98.9 Å². The number of pyridine rings is 1. The van der Waals surface area contributed by atoms with Gasteiger partial charge in [-0.1, -0.05) is 6.07 Å². The van der Waals surface area contributed by atoms with E-state index in [2.05, 4.69) is 10.3 Å². The molecule has 3 unspecified atom stereocenters. The molecular weight excluding hydrogens is 220 g/mol. The van der Waals surface area contributed by atoms with Crippen LogP contribution in [0.25, 0.3) is 0 Å². The third-order valence-corrected chi connectivity index (χ3v) is 2.93. The zero-order chi connectivity index (χ0) is 12.4. The molecule has 2 rings (SSSR count). The predicted octanol–water partition coefficient (Wildman–Crippen LogP) is 0.980. The summed E-state index contributed by atoms with van der Waals surface area (Å²) >= 11 is 0. The molecule has 5 nitrogen and oxygen atoms in total. The van der Waals surface area contributed by atoms with Crippen molar-refractivity contribution in [2.75, 3.05) is 0 Å². The maximum atomic E-state index is 11.7. The first-order valence-corrected chi connectivity index (χ1v) is 5.53. The summed E-state index contributed by atoms with van der Waals surface area (Å²) in [4.78, 5) is 26.5. The van der Waals surface area contributed by atoms with E-state index in [0.717, 1.165) is 5.69 Å². The van der Waals surface area contributed by atoms with Gasteiger partial charge >= 0.3 is 5.97 Å². The lowest BCUT2D eigenvalue weighted by Crippen LogP contribution is -2.29. The van der Waals surface area contributed by atoms with Gasteiger partial charge in [0.15, 0.2) is 0 Å². The molecule has 1 fully saturated rings. The number of carboxylic acids is 1. The lowest BCUT2D eigenvalue weighted by Gasteiger charge is -2.12. The number of nitrogens with one attached hydrogen (secondary N) is 1. The Morgan fingerprint density at radius 3 is 2.76 bits per heavy atom. The zero-order valence-electron chi connectivity index (χ0n) is 9.46. The van der Waals surface area contributed by atoms with Gasteiger partial charge in [-0.05, 0) is 25.5 Å². The fourth-order valence-electron chi connectivity index (χ4n) is 1.78. The second-order valence-corrected chi connectivity index (χ2v) is 4.27. The van der Waals surface area contributed by atoms with Crippen LogP contribution in [0.2, 0.25) is 0 Å². The molecule has 1 aliphatic rings. The van der Waals surface area contributed by atoms with Crippen molar-refractivity contribution in [1.82, 2.24) is 10.3 Å². The number of carbonyl (C=O) groups excluding carboxylic acids is 1. The third-order valence-electron chi connectivity index (χ3n) is 2.93. The van der Waals surface area contributed by atoms with E-state index in [9.17, 15) is 9.59 Å². The molecule has 0 bridgehead atoms. The standard InChI is InChI=1S/C12H14N2O3/c1-7(10-4-2-3-5-13-10)14-11(15)8-6-9(8)12(16)17/h2-5,7-9H,6H2,1H3,(H,14,15)(H,16,17). The molecule has 1 aliphatic carbocycles. The van der Waals surface area contributed by atoms with Gasteiger partial charge in [-0.15, -0.1) is 0 Å². The van der Waals surface area contributed by atoms with Crippen molar-refractivity contribution in [2.45, 2.75) is 19.4 Å². The Bertz CT molecular complexity index is 433. The predicted molar refractivity (Wildman–Crippen MR) is 60.0 cm³/mol. The molecule has 1 saturated carbocycles. The van der Waals surface area contributed by atoms with Crippen LogP contribution in [0.15, 0.2) is 24.4 Å². The molecule has 1 amide bonds. The molecule has 2 N–H and O–H groups in total. The number of aliphatic carboxylic acids is 1. The van der Waals surface area contributed by atoms with Crippen LogP contribution < -0.4 is 5.32 Å². The van der Waals surface area contributed by atoms with Gasteiger partial charge < -0.3 is 10.4 Å². The second-order valence-electron chi connectivity index (χ2n) is 4.27. The molecule has 0 spiro atoms. The maximum absolute atomic E-state index is 11.7. The van der Waals surface area contributed by atoms with E-state index < -0.39 is 11.9 Å². The molecule has 1 aromatic rings. The second kappa shape index (κ2) is 4.53. The quantitative estimate of drug-likeness (QED) is 0.813. The average molecular weight is 234 g/mol. The summed E-state index contributed by atoms with van der Waals surface area (Å²) in [6.07, 6.45) is 2.10. The van der Waals surface area contributed by atoms with Crippen molar-refractivity contribution in [1.29, 1.82) is 0 Å². The summed E-state index contributed by atoms with van der Waals surface area (Å²) in [6, 6.07) is 5.28. The first-order valence-electron chi connectivity index (χ1n) is 5.53. The minimum Gasteiger partial charge on any atom is -0.481 e. The fraction of sp³-hybridized carbons (Fsp3) is 0.417. The van der Waals surface area contributed by atoms with Crippen molar-refractivity contribution in [3.63, 3.8) is 0 Å². The number of hydrogen-bond donors (Lipinski definition) is 2. The van der Waals surface area contributed by atoms with Crippen LogP contribution >= 0.6 is 0 Å². The van der Waals surface area contributed by atoms with E-state index in [1.54, 1.807) is 12.3 Å². The van der Waals surface area contributed by atoms with Crippen LogP contribution in [0.4, 0.5) is 0 Å². The van der Waals surface area contributed by atoms with Crippen LogP contribution in [0, 0.1) is 11.8 Å². The summed E-state index contributed by atoms with van der Waals surface area (Å²) < 4.78 is 0. The molecule has 0 radical (unpaired) electrons. The molecule has 90 valence electrons. The van der Waals surface area contributed by atoms with Gasteiger partial charge in [0.1, 0.15) is 0 Å². The third kappa shape index (κ3) is 2.61. The minimum atomic E-state index is -0.893. The summed E-state index contributed by atoms with van der Waals surface area (Å²) in [5, 5.41) is 11.5. The average Bonchev–Trinajstić information content (AvgIpc) is 3.10. The summed E-state index contributed by atoms with van der Waals surface area (Å²) in [6.45, 7) is 1.83. The monoisotopic (exact) mass is 234 g/mol. The molecule has 0 aliphatic heterocycles. The van der Waals surface area contributed by atoms with Gasteiger partial charge in [-0.25, -0.2) is 0 Å². The normalized spacial score (nSPS) is 23.8. The first kappa shape index (κ1) is 11.6. The highest BCUT2D eigenvalue weighted by molar-refractivity contribution is 5.89. The van der Waals surface area contributed by atoms with Crippen molar-refractivity contribution in [2.24, 2.45) is 11.8 Å². The van der Waals surface area contributed by atoms with Gasteiger partial charge in [-0.3, -0.25) is 14.6 Å². The molecular formula is C12H14N2O3. The Balaban J connectivity index is 1.90. The topological polar surface area (TPSA) is 79.3 Å². The maximum Gasteiger partial charge on any atom is 0.307 e. The van der Waals surface area contributed by atoms with E-state index in [0.29, 0.717) is 6.42 Å². The molecule has 0 aromatic carbocycles. The van der Waals surface area contributed by atoms with Crippen LogP contribution in [-0.4, -0.2) is 22.0 Å². The van der Waals surface area contributed by atoms with Crippen LogP contribution in [-0.2, 0) is 9.59 Å². The number of rotatable bonds is 4. The van der Waals surface area contributed by atoms with Crippen molar-refractivity contribution in [3.8, 4) is 0 Å². The summed E-state index contributed by atoms with van der Waals surface area (Å²) in [5.74, 6) is -1.98. The van der Waals surface area contributed by atoms with E-state index in [4.69, 9.17) is 5.11 Å². The van der Waals surface area contributed by atoms with E-state index in [1.165, 1.54) is 0 Å². The van der Waals surface area contributed by atoms with Crippen LogP contribution in [0.3, 0.4) is 0 Å². The van der Waals surface area contributed by atoms with Gasteiger partial charge in [0, 0.05) is 6.20 Å². The molecule has 1 aromatic heterocycles. The van der Waals surface area contributed by atoms with Gasteiger partial charge in [0.25, 0.3) is 0 Å². The van der Waals surface area contributed by atoms with E-state index >= 15 is 0 Å². The Kier molecular flexibility index (Phi) is 3.08. The van der Waals surface area contributed by atoms with Crippen molar-refractivity contribution < 1.29 is 14.7 Å². The Morgan fingerprint density at radius 2 is 2.24 bits per heavy atom. The molecule has 5 heteroatoms. The molecule has 0 saturated heterocycles. The van der Waals surface area contributed by atoms with Gasteiger partial charge in [-0.2, -0.15) is 0 Å². The minimum absolute atomic E-state index is 0.196. The highest BCUT2D eigenvalue weighted by Gasteiger charge is 2.48. The van der Waals surface area contributed by atoms with Crippen molar-refractivity contribution in [3.05, 3.63) is 30.1 Å². The fourth-order valence-corrected chi connectivity index (χ4v) is 1.78. The highest BCUT2D eigenvalue weighted by atomic mass is 16.4. The SMILES string of the molecule is CC(NC(=O)C1CC1C(=O)O)c1ccccn1. The van der Waals surface area contributed by atoms with Gasteiger partial charge in [0.05, 0.1) is 23.6 Å². The Morgan fingerprint density at radius 1 is 1.47 bits per heavy atom. The summed E-state index contributed by atoms with van der Waals surface area (Å²) in [7, 11) is 0. The number of nitrogens with zero attached hydrogens (tertiary/aromatic N) is 1. The largest absolute Gasteiger partial charge is 0.481 e. The van der Waals surface area contributed by atoms with E-state index in [-0.39, 0.29) is 17.9 Å². The van der Waals surface area contributed by atoms with Crippen LogP contribution in [0.1, 0.15) is 25.1 Å². The number of carboxylic acid groups (broad SMARTS) is 1.